The smallest absolute Gasteiger partial charge is 0.328 e. The Morgan fingerprint density at radius 3 is 2.50 bits per heavy atom. The third-order valence-corrected chi connectivity index (χ3v) is 1.71. The Bertz CT molecular complexity index is 397. The largest absolute Gasteiger partial charge is 0.478 e. The summed E-state index contributed by atoms with van der Waals surface area (Å²) < 4.78 is 25.4. The number of aryl methyl sites for hydroxylation is 1. The van der Waals surface area contributed by atoms with Gasteiger partial charge in [-0.1, -0.05) is 0 Å². The molecule has 0 aromatic heterocycles. The van der Waals surface area contributed by atoms with E-state index in [1.807, 2.05) is 0 Å². The number of carboxylic acids is 1. The Morgan fingerprint density at radius 2 is 1.93 bits per heavy atom. The predicted octanol–water partition coefficient (Wildman–Crippen LogP) is 2.37. The van der Waals surface area contributed by atoms with Crippen molar-refractivity contribution in [1.29, 1.82) is 0 Å². The summed E-state index contributed by atoms with van der Waals surface area (Å²) in [5, 5.41) is 8.33. The molecule has 0 unspecified atom stereocenters. The van der Waals surface area contributed by atoms with Crippen LogP contribution >= 0.6 is 0 Å². The zero-order valence-electron chi connectivity index (χ0n) is 7.42. The van der Waals surface area contributed by atoms with Crippen LogP contribution in [0.3, 0.4) is 0 Å². The SMILES string of the molecule is Cc1cc(F)c(F)cc1C=CC(=O)O. The van der Waals surface area contributed by atoms with Gasteiger partial charge in [0.1, 0.15) is 0 Å². The third kappa shape index (κ3) is 2.39. The molecule has 0 radical (unpaired) electrons. The minimum atomic E-state index is -1.13. The molecule has 0 aliphatic rings. The van der Waals surface area contributed by atoms with Crippen molar-refractivity contribution in [2.24, 2.45) is 0 Å². The second-order valence-electron chi connectivity index (χ2n) is 2.79. The van der Waals surface area contributed by atoms with Gasteiger partial charge >= 0.3 is 5.97 Å². The van der Waals surface area contributed by atoms with Crippen molar-refractivity contribution in [2.45, 2.75) is 6.92 Å². The highest BCUT2D eigenvalue weighted by atomic mass is 19.2. The highest BCUT2D eigenvalue weighted by Crippen LogP contribution is 2.15. The molecule has 0 saturated heterocycles. The lowest BCUT2D eigenvalue weighted by atomic mass is 10.1. The Balaban J connectivity index is 3.10. The van der Waals surface area contributed by atoms with Crippen molar-refractivity contribution in [3.63, 3.8) is 0 Å². The van der Waals surface area contributed by atoms with Crippen molar-refractivity contribution >= 4 is 12.0 Å². The van der Waals surface area contributed by atoms with E-state index in [0.29, 0.717) is 11.1 Å². The molecular weight excluding hydrogens is 190 g/mol. The quantitative estimate of drug-likeness (QED) is 0.740. The average Bonchev–Trinajstić information content (AvgIpc) is 2.09. The second kappa shape index (κ2) is 4.00. The number of aliphatic carboxylic acids is 1. The van der Waals surface area contributed by atoms with Gasteiger partial charge < -0.3 is 5.11 Å². The van der Waals surface area contributed by atoms with Gasteiger partial charge in [0.2, 0.25) is 0 Å². The fourth-order valence-corrected chi connectivity index (χ4v) is 1.00. The molecule has 0 atom stereocenters. The monoisotopic (exact) mass is 198 g/mol. The lowest BCUT2D eigenvalue weighted by Gasteiger charge is -2.00. The van der Waals surface area contributed by atoms with Gasteiger partial charge in [-0.15, -0.1) is 0 Å². The van der Waals surface area contributed by atoms with Crippen LogP contribution in [0.25, 0.3) is 6.08 Å². The van der Waals surface area contributed by atoms with Crippen molar-refractivity contribution in [3.05, 3.63) is 41.0 Å². The number of hydrogen-bond acceptors (Lipinski definition) is 1. The van der Waals surface area contributed by atoms with Crippen molar-refractivity contribution in [2.75, 3.05) is 0 Å². The van der Waals surface area contributed by atoms with Crippen molar-refractivity contribution < 1.29 is 18.7 Å². The van der Waals surface area contributed by atoms with Crippen molar-refractivity contribution in [3.8, 4) is 0 Å². The molecule has 0 spiro atoms. The Labute approximate surface area is 79.5 Å². The minimum absolute atomic E-state index is 0.353. The summed E-state index contributed by atoms with van der Waals surface area (Å²) in [6.45, 7) is 1.57. The molecule has 14 heavy (non-hydrogen) atoms. The van der Waals surface area contributed by atoms with Gasteiger partial charge in [0, 0.05) is 6.08 Å². The highest BCUT2D eigenvalue weighted by molar-refractivity contribution is 5.85. The van der Waals surface area contributed by atoms with E-state index in [-0.39, 0.29) is 0 Å². The van der Waals surface area contributed by atoms with Crippen LogP contribution in [0.1, 0.15) is 11.1 Å². The van der Waals surface area contributed by atoms with E-state index >= 15 is 0 Å². The number of carbonyl (C=O) groups is 1. The molecule has 0 bridgehead atoms. The topological polar surface area (TPSA) is 37.3 Å². The maximum absolute atomic E-state index is 12.7. The van der Waals surface area contributed by atoms with Crippen LogP contribution in [-0.4, -0.2) is 11.1 Å². The summed E-state index contributed by atoms with van der Waals surface area (Å²) in [5.41, 5.74) is 0.840. The molecule has 0 heterocycles. The van der Waals surface area contributed by atoms with E-state index in [9.17, 15) is 13.6 Å². The minimum Gasteiger partial charge on any atom is -0.478 e. The lowest BCUT2D eigenvalue weighted by Crippen LogP contribution is -1.91. The van der Waals surface area contributed by atoms with E-state index in [0.717, 1.165) is 18.2 Å². The lowest BCUT2D eigenvalue weighted by molar-refractivity contribution is -0.131. The summed E-state index contributed by atoms with van der Waals surface area (Å²) >= 11 is 0. The van der Waals surface area contributed by atoms with Gasteiger partial charge in [-0.25, -0.2) is 13.6 Å². The first-order valence-corrected chi connectivity index (χ1v) is 3.87. The van der Waals surface area contributed by atoms with Crippen LogP contribution in [0.15, 0.2) is 18.2 Å². The molecule has 1 aromatic rings. The van der Waals surface area contributed by atoms with E-state index < -0.39 is 17.6 Å². The summed E-state index contributed by atoms with van der Waals surface area (Å²) in [5.74, 6) is -3.05. The first-order chi connectivity index (χ1) is 6.50. The molecule has 1 aromatic carbocycles. The van der Waals surface area contributed by atoms with Crippen LogP contribution in [-0.2, 0) is 4.79 Å². The van der Waals surface area contributed by atoms with Gasteiger partial charge in [-0.2, -0.15) is 0 Å². The number of rotatable bonds is 2. The van der Waals surface area contributed by atoms with Gasteiger partial charge in [-0.3, -0.25) is 0 Å². The summed E-state index contributed by atoms with van der Waals surface area (Å²) in [6, 6.07) is 1.99. The maximum atomic E-state index is 12.7. The molecule has 0 amide bonds. The molecule has 74 valence electrons. The van der Waals surface area contributed by atoms with Gasteiger partial charge in [-0.05, 0) is 36.3 Å². The standard InChI is InChI=1S/C10H8F2O2/c1-6-4-8(11)9(12)5-7(6)2-3-10(13)14/h2-5H,1H3,(H,13,14). The Kier molecular flexibility index (Phi) is 2.96. The van der Waals surface area contributed by atoms with Crippen LogP contribution < -0.4 is 0 Å². The maximum Gasteiger partial charge on any atom is 0.328 e. The van der Waals surface area contributed by atoms with E-state index in [4.69, 9.17) is 5.11 Å². The fourth-order valence-electron chi connectivity index (χ4n) is 1.00. The molecule has 0 aliphatic heterocycles. The van der Waals surface area contributed by atoms with Gasteiger partial charge in [0.25, 0.3) is 0 Å². The molecule has 4 heteroatoms. The molecule has 0 aliphatic carbocycles. The molecule has 0 saturated carbocycles. The van der Waals surface area contributed by atoms with Crippen LogP contribution in [0, 0.1) is 18.6 Å². The summed E-state index contributed by atoms with van der Waals surface area (Å²) in [7, 11) is 0. The first-order valence-electron chi connectivity index (χ1n) is 3.87. The van der Waals surface area contributed by atoms with Crippen LogP contribution in [0.2, 0.25) is 0 Å². The summed E-state index contributed by atoms with van der Waals surface area (Å²) in [6.07, 6.45) is 2.10. The molecule has 1 N–H and O–H groups in total. The summed E-state index contributed by atoms with van der Waals surface area (Å²) in [4.78, 5) is 10.2. The van der Waals surface area contributed by atoms with E-state index in [1.54, 1.807) is 6.92 Å². The average molecular weight is 198 g/mol. The molecular formula is C10H8F2O2. The van der Waals surface area contributed by atoms with Crippen molar-refractivity contribution in [1.82, 2.24) is 0 Å². The van der Waals surface area contributed by atoms with Crippen LogP contribution in [0.5, 0.6) is 0 Å². The molecule has 1 rings (SSSR count). The Morgan fingerprint density at radius 1 is 1.36 bits per heavy atom. The Hall–Kier alpha value is -1.71. The van der Waals surface area contributed by atoms with E-state index in [2.05, 4.69) is 0 Å². The third-order valence-electron chi connectivity index (χ3n) is 1.71. The predicted molar refractivity (Wildman–Crippen MR) is 47.8 cm³/mol. The zero-order chi connectivity index (χ0) is 10.7. The number of benzene rings is 1. The fraction of sp³-hybridized carbons (Fsp3) is 0.100. The zero-order valence-corrected chi connectivity index (χ0v) is 7.42. The number of carboxylic acid groups (broad SMARTS) is 1. The van der Waals surface area contributed by atoms with Gasteiger partial charge in [0.05, 0.1) is 0 Å². The first kappa shape index (κ1) is 10.4. The molecule has 2 nitrogen and oxygen atoms in total. The normalized spacial score (nSPS) is 10.8. The van der Waals surface area contributed by atoms with Crippen LogP contribution in [0.4, 0.5) is 8.78 Å². The number of halogens is 2. The van der Waals surface area contributed by atoms with E-state index in [1.165, 1.54) is 6.08 Å². The van der Waals surface area contributed by atoms with Gasteiger partial charge in [0.15, 0.2) is 11.6 Å². The highest BCUT2D eigenvalue weighted by Gasteiger charge is 2.04. The number of hydrogen-bond donors (Lipinski definition) is 1. The second-order valence-corrected chi connectivity index (χ2v) is 2.79. The molecule has 0 fully saturated rings.